The molecule has 1 N–H and O–H groups in total. The molecule has 3 rings (SSSR count). The largest absolute Gasteiger partial charge is 0.381 e. The van der Waals surface area contributed by atoms with E-state index < -0.39 is 0 Å². The van der Waals surface area contributed by atoms with Crippen LogP contribution in [0, 0.1) is 0 Å². The van der Waals surface area contributed by atoms with Crippen LogP contribution >= 0.6 is 15.9 Å². The van der Waals surface area contributed by atoms with E-state index in [1.165, 1.54) is 0 Å². The minimum absolute atomic E-state index is 0.0469. The van der Waals surface area contributed by atoms with Crippen LogP contribution in [0.3, 0.4) is 0 Å². The third-order valence-corrected chi connectivity index (χ3v) is 4.35. The maximum Gasteiger partial charge on any atom is 0.317 e. The van der Waals surface area contributed by atoms with Crippen LogP contribution < -0.4 is 5.32 Å². The van der Waals surface area contributed by atoms with E-state index >= 15 is 0 Å². The maximum absolute atomic E-state index is 12.2. The second-order valence-corrected chi connectivity index (χ2v) is 6.28. The molecule has 0 aromatic carbocycles. The Hall–Kier alpha value is -1.08. The van der Waals surface area contributed by atoms with E-state index in [9.17, 15) is 4.79 Å². The van der Waals surface area contributed by atoms with Crippen LogP contribution in [0.5, 0.6) is 0 Å². The third kappa shape index (κ3) is 3.15. The molecule has 2 amide bonds. The Morgan fingerprint density at radius 1 is 1.40 bits per heavy atom. The fourth-order valence-corrected chi connectivity index (χ4v) is 3.07. The number of likely N-dealkylation sites (tertiary alicyclic amines) is 1. The predicted octanol–water partition coefficient (Wildman–Crippen LogP) is 1.78. The number of amides is 2. The van der Waals surface area contributed by atoms with Gasteiger partial charge in [-0.05, 0) is 35.2 Å². The lowest BCUT2D eigenvalue weighted by atomic mass is 10.1. The molecule has 0 radical (unpaired) electrons. The number of nitrogens with one attached hydrogen (secondary N) is 1. The first-order valence-electron chi connectivity index (χ1n) is 7.05. The molecule has 0 spiro atoms. The van der Waals surface area contributed by atoms with E-state index in [2.05, 4.69) is 26.3 Å². The van der Waals surface area contributed by atoms with Gasteiger partial charge in [0, 0.05) is 38.5 Å². The molecule has 2 fully saturated rings. The molecular weight excluding hydrogens is 324 g/mol. The van der Waals surface area contributed by atoms with Crippen molar-refractivity contribution >= 4 is 22.0 Å². The van der Waals surface area contributed by atoms with Gasteiger partial charge in [0.2, 0.25) is 0 Å². The normalized spacial score (nSPS) is 24.1. The molecule has 0 bridgehead atoms. The Morgan fingerprint density at radius 2 is 2.20 bits per heavy atom. The van der Waals surface area contributed by atoms with Gasteiger partial charge >= 0.3 is 6.03 Å². The predicted molar refractivity (Wildman–Crippen MR) is 77.5 cm³/mol. The highest BCUT2D eigenvalue weighted by Crippen LogP contribution is 2.22. The van der Waals surface area contributed by atoms with Crippen LogP contribution in [-0.4, -0.2) is 53.1 Å². The Morgan fingerprint density at radius 3 is 2.90 bits per heavy atom. The van der Waals surface area contributed by atoms with Crippen LogP contribution in [0.25, 0.3) is 0 Å². The molecule has 1 atom stereocenters. The Bertz CT molecular complexity index is 473. The van der Waals surface area contributed by atoms with Crippen LogP contribution in [0.15, 0.2) is 16.9 Å². The van der Waals surface area contributed by atoms with E-state index in [0.29, 0.717) is 0 Å². The number of aromatic nitrogens is 2. The van der Waals surface area contributed by atoms with Gasteiger partial charge in [-0.2, -0.15) is 5.10 Å². The van der Waals surface area contributed by atoms with Crippen molar-refractivity contribution in [2.45, 2.75) is 31.3 Å². The van der Waals surface area contributed by atoms with Gasteiger partial charge in [0.1, 0.15) is 0 Å². The van der Waals surface area contributed by atoms with Crippen molar-refractivity contribution in [1.82, 2.24) is 20.0 Å². The number of carbonyl (C=O) groups is 1. The van der Waals surface area contributed by atoms with Gasteiger partial charge in [0.15, 0.2) is 0 Å². The van der Waals surface area contributed by atoms with Crippen LogP contribution in [0.4, 0.5) is 4.79 Å². The molecule has 0 saturated carbocycles. The average Bonchev–Trinajstić information content (AvgIpc) is 3.08. The number of urea groups is 1. The van der Waals surface area contributed by atoms with E-state index in [1.54, 1.807) is 6.20 Å². The van der Waals surface area contributed by atoms with Gasteiger partial charge < -0.3 is 15.0 Å². The standard InChI is InChI=1S/C13H19BrN4O2/c14-10-7-15-18(8-10)12-1-4-17(9-12)13(19)16-11-2-5-20-6-3-11/h7-8,11-12H,1-6,9H2,(H,16,19). The number of rotatable bonds is 2. The maximum atomic E-state index is 12.2. The molecule has 110 valence electrons. The smallest absolute Gasteiger partial charge is 0.317 e. The average molecular weight is 343 g/mol. The fraction of sp³-hybridized carbons (Fsp3) is 0.692. The molecule has 2 saturated heterocycles. The van der Waals surface area contributed by atoms with Crippen LogP contribution in [0.1, 0.15) is 25.3 Å². The first-order chi connectivity index (χ1) is 9.72. The summed E-state index contributed by atoms with van der Waals surface area (Å²) in [4.78, 5) is 14.1. The summed E-state index contributed by atoms with van der Waals surface area (Å²) < 4.78 is 8.21. The first-order valence-corrected chi connectivity index (χ1v) is 7.84. The van der Waals surface area contributed by atoms with Crippen molar-refractivity contribution < 1.29 is 9.53 Å². The summed E-state index contributed by atoms with van der Waals surface area (Å²) in [5.41, 5.74) is 0. The Balaban J connectivity index is 1.52. The van der Waals surface area contributed by atoms with Gasteiger partial charge in [0.25, 0.3) is 0 Å². The van der Waals surface area contributed by atoms with E-state index in [1.807, 2.05) is 15.8 Å². The number of hydrogen-bond acceptors (Lipinski definition) is 3. The monoisotopic (exact) mass is 342 g/mol. The number of carbonyl (C=O) groups excluding carboxylic acids is 1. The molecule has 0 aliphatic carbocycles. The molecule has 2 aliphatic rings. The second kappa shape index (κ2) is 6.13. The highest BCUT2D eigenvalue weighted by molar-refractivity contribution is 9.10. The second-order valence-electron chi connectivity index (χ2n) is 5.36. The van der Waals surface area contributed by atoms with E-state index in [0.717, 1.165) is 50.0 Å². The van der Waals surface area contributed by atoms with E-state index in [-0.39, 0.29) is 18.1 Å². The van der Waals surface area contributed by atoms with Crippen molar-refractivity contribution in [1.29, 1.82) is 0 Å². The molecule has 1 aromatic rings. The summed E-state index contributed by atoms with van der Waals surface area (Å²) >= 11 is 3.40. The first kappa shape index (κ1) is 13.9. The summed E-state index contributed by atoms with van der Waals surface area (Å²) in [5, 5.41) is 7.41. The molecule has 2 aliphatic heterocycles. The van der Waals surface area contributed by atoms with Gasteiger partial charge in [-0.3, -0.25) is 4.68 Å². The minimum Gasteiger partial charge on any atom is -0.381 e. The molecule has 6 nitrogen and oxygen atoms in total. The molecule has 3 heterocycles. The van der Waals surface area contributed by atoms with Gasteiger partial charge in [-0.1, -0.05) is 0 Å². The lowest BCUT2D eigenvalue weighted by molar-refractivity contribution is 0.0784. The topological polar surface area (TPSA) is 59.4 Å². The van der Waals surface area contributed by atoms with Crippen molar-refractivity contribution in [2.75, 3.05) is 26.3 Å². The Labute approximate surface area is 126 Å². The summed E-state index contributed by atoms with van der Waals surface area (Å²) in [6, 6.07) is 0.585. The summed E-state index contributed by atoms with van der Waals surface area (Å²) in [6.07, 6.45) is 6.52. The SMILES string of the molecule is O=C(NC1CCOCC1)N1CCC(n2cc(Br)cn2)C1. The zero-order chi connectivity index (χ0) is 13.9. The third-order valence-electron chi connectivity index (χ3n) is 3.94. The molecular formula is C13H19BrN4O2. The summed E-state index contributed by atoms with van der Waals surface area (Å²) in [6.45, 7) is 3.00. The fourth-order valence-electron chi connectivity index (χ4n) is 2.76. The van der Waals surface area contributed by atoms with Gasteiger partial charge in [-0.25, -0.2) is 4.79 Å². The zero-order valence-electron chi connectivity index (χ0n) is 11.3. The lowest BCUT2D eigenvalue weighted by Gasteiger charge is -2.26. The molecule has 7 heteroatoms. The number of hydrogen-bond donors (Lipinski definition) is 1. The summed E-state index contributed by atoms with van der Waals surface area (Å²) in [5.74, 6) is 0. The van der Waals surface area contributed by atoms with Crippen molar-refractivity contribution in [3.8, 4) is 0 Å². The van der Waals surface area contributed by atoms with Crippen molar-refractivity contribution in [3.63, 3.8) is 0 Å². The van der Waals surface area contributed by atoms with Crippen molar-refractivity contribution in [3.05, 3.63) is 16.9 Å². The number of nitrogens with zero attached hydrogens (tertiary/aromatic N) is 3. The number of halogens is 1. The summed E-state index contributed by atoms with van der Waals surface area (Å²) in [7, 11) is 0. The highest BCUT2D eigenvalue weighted by Gasteiger charge is 2.29. The quantitative estimate of drug-likeness (QED) is 0.891. The molecule has 1 unspecified atom stereocenters. The molecule has 20 heavy (non-hydrogen) atoms. The van der Waals surface area contributed by atoms with Crippen LogP contribution in [-0.2, 0) is 4.74 Å². The Kier molecular flexibility index (Phi) is 4.26. The van der Waals surface area contributed by atoms with Gasteiger partial charge in [-0.15, -0.1) is 0 Å². The van der Waals surface area contributed by atoms with E-state index in [4.69, 9.17) is 4.74 Å². The highest BCUT2D eigenvalue weighted by atomic mass is 79.9. The lowest BCUT2D eigenvalue weighted by Crippen LogP contribution is -2.45. The van der Waals surface area contributed by atoms with Crippen LogP contribution in [0.2, 0.25) is 0 Å². The van der Waals surface area contributed by atoms with Crippen molar-refractivity contribution in [2.24, 2.45) is 0 Å². The minimum atomic E-state index is 0.0469. The van der Waals surface area contributed by atoms with Gasteiger partial charge in [0.05, 0.1) is 16.7 Å². The number of ether oxygens (including phenoxy) is 1. The molecule has 1 aromatic heterocycles. The zero-order valence-corrected chi connectivity index (χ0v) is 12.9.